The minimum atomic E-state index is -3.69. The third-order valence-electron chi connectivity index (χ3n) is 6.22. The molecule has 0 saturated carbocycles. The lowest BCUT2D eigenvalue weighted by Crippen LogP contribution is -2.39. The van der Waals surface area contributed by atoms with Gasteiger partial charge < -0.3 is 4.90 Å². The highest BCUT2D eigenvalue weighted by Gasteiger charge is 2.33. The van der Waals surface area contributed by atoms with E-state index in [1.165, 1.54) is 28.8 Å². The summed E-state index contributed by atoms with van der Waals surface area (Å²) >= 11 is 7.41. The molecule has 0 N–H and O–H groups in total. The van der Waals surface area contributed by atoms with Gasteiger partial charge in [0.25, 0.3) is 5.69 Å². The van der Waals surface area contributed by atoms with E-state index in [1.54, 1.807) is 11.3 Å². The van der Waals surface area contributed by atoms with Crippen molar-refractivity contribution in [3.8, 4) is 0 Å². The molecule has 0 aliphatic carbocycles. The Morgan fingerprint density at radius 3 is 2.64 bits per heavy atom. The second-order valence-electron chi connectivity index (χ2n) is 8.26. The van der Waals surface area contributed by atoms with Crippen LogP contribution >= 0.6 is 22.9 Å². The number of piperidine rings is 1. The molecule has 1 aliphatic heterocycles. The van der Waals surface area contributed by atoms with E-state index in [0.717, 1.165) is 23.3 Å². The van der Waals surface area contributed by atoms with Crippen LogP contribution in [-0.4, -0.2) is 36.7 Å². The summed E-state index contributed by atoms with van der Waals surface area (Å²) in [6.07, 6.45) is 1.64. The van der Waals surface area contributed by atoms with Gasteiger partial charge in [0.1, 0.15) is 5.02 Å². The van der Waals surface area contributed by atoms with Gasteiger partial charge in [0.15, 0.2) is 15.0 Å². The molecule has 0 radical (unpaired) electrons. The highest BCUT2D eigenvalue weighted by Crippen LogP contribution is 2.33. The number of benzene rings is 2. The van der Waals surface area contributed by atoms with E-state index in [1.807, 2.05) is 0 Å². The zero-order valence-electron chi connectivity index (χ0n) is 18.3. The topological polar surface area (TPSA) is 93.4 Å². The smallest absolute Gasteiger partial charge is 0.289 e. The molecule has 4 rings (SSSR count). The maximum Gasteiger partial charge on any atom is 0.289 e. The Balaban J connectivity index is 1.43. The molecule has 33 heavy (non-hydrogen) atoms. The largest absolute Gasteiger partial charge is 0.348 e. The van der Waals surface area contributed by atoms with Crippen molar-refractivity contribution in [3.05, 3.63) is 79.3 Å². The molecule has 1 aromatic heterocycles. The van der Waals surface area contributed by atoms with Crippen LogP contribution in [0.15, 0.2) is 46.7 Å². The molecular formula is C23H24ClN3O4S2. The Hall–Kier alpha value is -2.49. The maximum absolute atomic E-state index is 13.1. The van der Waals surface area contributed by atoms with Crippen molar-refractivity contribution < 1.29 is 13.3 Å². The lowest BCUT2D eigenvalue weighted by atomic mass is 10.0. The van der Waals surface area contributed by atoms with Crippen molar-refractivity contribution in [1.29, 1.82) is 0 Å². The number of aromatic nitrogens is 1. The van der Waals surface area contributed by atoms with Crippen molar-refractivity contribution in [1.82, 2.24) is 4.98 Å². The fourth-order valence-corrected chi connectivity index (χ4v) is 6.90. The Labute approximate surface area is 202 Å². The van der Waals surface area contributed by atoms with Crippen LogP contribution in [0.5, 0.6) is 0 Å². The van der Waals surface area contributed by atoms with Gasteiger partial charge in [0, 0.05) is 31.0 Å². The number of thiazole rings is 1. The molecule has 1 aliphatic rings. The van der Waals surface area contributed by atoms with Crippen LogP contribution in [0.25, 0.3) is 0 Å². The van der Waals surface area contributed by atoms with Gasteiger partial charge in [0.2, 0.25) is 0 Å². The van der Waals surface area contributed by atoms with Gasteiger partial charge in [-0.25, -0.2) is 13.4 Å². The lowest BCUT2D eigenvalue weighted by Gasteiger charge is -2.31. The third kappa shape index (κ3) is 4.90. The Morgan fingerprint density at radius 2 is 1.94 bits per heavy atom. The van der Waals surface area contributed by atoms with Crippen molar-refractivity contribution >= 4 is 43.6 Å². The molecule has 0 unspecified atom stereocenters. The minimum absolute atomic E-state index is 0.0536. The molecular weight excluding hydrogens is 482 g/mol. The summed E-state index contributed by atoms with van der Waals surface area (Å²) in [5.41, 5.74) is 4.41. The number of halogens is 1. The zero-order chi connectivity index (χ0) is 23.8. The summed E-state index contributed by atoms with van der Waals surface area (Å²) in [5.74, 6) is 0. The van der Waals surface area contributed by atoms with Crippen molar-refractivity contribution in [3.63, 3.8) is 0 Å². The van der Waals surface area contributed by atoms with E-state index in [-0.39, 0.29) is 9.92 Å². The molecule has 3 aromatic rings. The Bertz CT molecular complexity index is 1300. The highest BCUT2D eigenvalue weighted by atomic mass is 35.5. The average molecular weight is 506 g/mol. The SMILES string of the molecule is Cc1cccc(Cc2csc(N3CCC(S(=O)(=O)c4ccc(Cl)c([N+](=O)[O-])c4)CC3)n2)c1C. The average Bonchev–Trinajstić information content (AvgIpc) is 3.25. The molecule has 0 bridgehead atoms. The number of nitrogens with zero attached hydrogens (tertiary/aromatic N) is 3. The number of aryl methyl sites for hydroxylation is 1. The van der Waals surface area contributed by atoms with E-state index < -0.39 is 25.7 Å². The van der Waals surface area contributed by atoms with Crippen LogP contribution in [0.4, 0.5) is 10.8 Å². The van der Waals surface area contributed by atoms with Crippen molar-refractivity contribution in [2.24, 2.45) is 0 Å². The number of hydrogen-bond acceptors (Lipinski definition) is 7. The first-order chi connectivity index (χ1) is 15.7. The van der Waals surface area contributed by atoms with Gasteiger partial charge in [-0.05, 0) is 55.5 Å². The predicted molar refractivity (Wildman–Crippen MR) is 131 cm³/mol. The first-order valence-corrected chi connectivity index (χ1v) is 13.4. The standard InChI is InChI=1S/C23H24ClN3O4S2/c1-15-4-3-5-17(16(15)2)12-18-14-32-23(25-18)26-10-8-19(9-11-26)33(30,31)20-6-7-21(24)22(13-20)27(28)29/h3-7,13-14,19H,8-12H2,1-2H3. The van der Waals surface area contributed by atoms with E-state index in [2.05, 4.69) is 42.3 Å². The monoisotopic (exact) mass is 505 g/mol. The summed E-state index contributed by atoms with van der Waals surface area (Å²) in [4.78, 5) is 17.3. The molecule has 10 heteroatoms. The van der Waals surface area contributed by atoms with Gasteiger partial charge >= 0.3 is 0 Å². The van der Waals surface area contributed by atoms with Gasteiger partial charge in [-0.2, -0.15) is 0 Å². The number of rotatable bonds is 6. The highest BCUT2D eigenvalue weighted by molar-refractivity contribution is 7.92. The number of hydrogen-bond donors (Lipinski definition) is 0. The molecule has 0 atom stereocenters. The first-order valence-electron chi connectivity index (χ1n) is 10.6. The molecule has 1 fully saturated rings. The van der Waals surface area contributed by atoms with Gasteiger partial charge in [0.05, 0.1) is 20.8 Å². The lowest BCUT2D eigenvalue weighted by molar-refractivity contribution is -0.384. The van der Waals surface area contributed by atoms with Crippen LogP contribution < -0.4 is 4.90 Å². The van der Waals surface area contributed by atoms with E-state index in [9.17, 15) is 18.5 Å². The van der Waals surface area contributed by atoms with Crippen LogP contribution in [0.2, 0.25) is 5.02 Å². The van der Waals surface area contributed by atoms with Gasteiger partial charge in [-0.1, -0.05) is 29.8 Å². The molecule has 7 nitrogen and oxygen atoms in total. The minimum Gasteiger partial charge on any atom is -0.348 e. The quantitative estimate of drug-likeness (QED) is 0.331. The molecule has 0 spiro atoms. The van der Waals surface area contributed by atoms with Gasteiger partial charge in [-0.3, -0.25) is 10.1 Å². The van der Waals surface area contributed by atoms with Crippen LogP contribution in [0.1, 0.15) is 35.2 Å². The van der Waals surface area contributed by atoms with E-state index in [4.69, 9.17) is 16.6 Å². The van der Waals surface area contributed by atoms with Crippen LogP contribution in [-0.2, 0) is 16.3 Å². The number of sulfone groups is 1. The van der Waals surface area contributed by atoms with E-state index in [0.29, 0.717) is 25.9 Å². The predicted octanol–water partition coefficient (Wildman–Crippen LogP) is 5.36. The fourth-order valence-electron chi connectivity index (χ4n) is 4.08. The molecule has 2 aromatic carbocycles. The Morgan fingerprint density at radius 1 is 1.21 bits per heavy atom. The Kier molecular flexibility index (Phi) is 6.74. The molecule has 2 heterocycles. The summed E-state index contributed by atoms with van der Waals surface area (Å²) in [6.45, 7) is 5.36. The van der Waals surface area contributed by atoms with Crippen LogP contribution in [0, 0.1) is 24.0 Å². The fraction of sp³-hybridized carbons (Fsp3) is 0.348. The van der Waals surface area contributed by atoms with Gasteiger partial charge in [-0.15, -0.1) is 11.3 Å². The summed E-state index contributed by atoms with van der Waals surface area (Å²) in [6, 6.07) is 9.96. The first kappa shape index (κ1) is 23.7. The maximum atomic E-state index is 13.1. The zero-order valence-corrected chi connectivity index (χ0v) is 20.7. The summed E-state index contributed by atoms with van der Waals surface area (Å²) < 4.78 is 26.2. The van der Waals surface area contributed by atoms with Crippen molar-refractivity contribution in [2.75, 3.05) is 18.0 Å². The summed E-state index contributed by atoms with van der Waals surface area (Å²) in [5, 5.41) is 13.4. The second kappa shape index (κ2) is 9.40. The number of nitro groups is 1. The molecule has 0 amide bonds. The molecule has 1 saturated heterocycles. The number of nitro benzene ring substituents is 1. The molecule has 174 valence electrons. The van der Waals surface area contributed by atoms with E-state index >= 15 is 0 Å². The normalized spacial score (nSPS) is 15.1. The second-order valence-corrected chi connectivity index (χ2v) is 11.7. The number of anilines is 1. The van der Waals surface area contributed by atoms with Crippen LogP contribution in [0.3, 0.4) is 0 Å². The summed E-state index contributed by atoms with van der Waals surface area (Å²) in [7, 11) is -3.69. The van der Waals surface area contributed by atoms with Crippen molar-refractivity contribution in [2.45, 2.75) is 43.3 Å². The third-order valence-corrected chi connectivity index (χ3v) is 9.75.